The minimum absolute atomic E-state index is 0.0899. The molecule has 0 aromatic heterocycles. The summed E-state index contributed by atoms with van der Waals surface area (Å²) in [6, 6.07) is 9.53. The summed E-state index contributed by atoms with van der Waals surface area (Å²) in [5.41, 5.74) is -0.739. The summed E-state index contributed by atoms with van der Waals surface area (Å²) in [5.74, 6) is -1.06. The Hall–Kier alpha value is -2.74. The van der Waals surface area contributed by atoms with Crippen LogP contribution in [0.1, 0.15) is 15.9 Å². The highest BCUT2D eigenvalue weighted by Gasteiger charge is 2.34. The van der Waals surface area contributed by atoms with Crippen LogP contribution < -0.4 is 16.0 Å². The van der Waals surface area contributed by atoms with Gasteiger partial charge in [0.25, 0.3) is 5.91 Å². The van der Waals surface area contributed by atoms with Gasteiger partial charge in [0.2, 0.25) is 5.91 Å². The summed E-state index contributed by atoms with van der Waals surface area (Å²) in [5, 5.41) is 7.31. The van der Waals surface area contributed by atoms with E-state index in [1.54, 1.807) is 24.3 Å². The molecule has 0 fully saturated rings. The Morgan fingerprint density at radius 1 is 1.08 bits per heavy atom. The van der Waals surface area contributed by atoms with E-state index < -0.39 is 23.3 Å². The molecule has 0 aliphatic carbocycles. The number of anilines is 2. The number of rotatable bonds is 5. The number of benzene rings is 2. The van der Waals surface area contributed by atoms with Crippen molar-refractivity contribution in [2.24, 2.45) is 0 Å². The van der Waals surface area contributed by atoms with Crippen molar-refractivity contribution in [1.29, 1.82) is 0 Å². The highest BCUT2D eigenvalue weighted by Crippen LogP contribution is 2.36. The first-order valence-corrected chi connectivity index (χ1v) is 7.81. The summed E-state index contributed by atoms with van der Waals surface area (Å²) in [4.78, 5) is 23.8. The van der Waals surface area contributed by atoms with Gasteiger partial charge in [0.15, 0.2) is 0 Å². The monoisotopic (exact) mass is 385 g/mol. The summed E-state index contributed by atoms with van der Waals surface area (Å²) in [6.07, 6.45) is -4.66. The molecule has 0 bridgehead atoms. The van der Waals surface area contributed by atoms with Crippen LogP contribution >= 0.6 is 11.6 Å². The van der Waals surface area contributed by atoms with Gasteiger partial charge in [-0.1, -0.05) is 23.7 Å². The van der Waals surface area contributed by atoms with E-state index in [1.807, 2.05) is 0 Å². The fourth-order valence-electron chi connectivity index (χ4n) is 2.20. The third-order valence-corrected chi connectivity index (χ3v) is 3.63. The molecule has 5 nitrogen and oxygen atoms in total. The van der Waals surface area contributed by atoms with E-state index in [0.29, 0.717) is 11.3 Å². The number of amides is 2. The van der Waals surface area contributed by atoms with E-state index >= 15 is 0 Å². The van der Waals surface area contributed by atoms with E-state index in [-0.39, 0.29) is 17.5 Å². The summed E-state index contributed by atoms with van der Waals surface area (Å²) < 4.78 is 39.1. The second kappa shape index (κ2) is 8.09. The van der Waals surface area contributed by atoms with Crippen molar-refractivity contribution < 1.29 is 22.8 Å². The number of para-hydroxylation sites is 1. The Balaban J connectivity index is 2.11. The van der Waals surface area contributed by atoms with E-state index in [1.165, 1.54) is 13.1 Å². The van der Waals surface area contributed by atoms with Crippen LogP contribution in [0, 0.1) is 0 Å². The van der Waals surface area contributed by atoms with E-state index in [9.17, 15) is 22.8 Å². The highest BCUT2D eigenvalue weighted by molar-refractivity contribution is 6.30. The lowest BCUT2D eigenvalue weighted by Gasteiger charge is -2.15. The molecule has 0 saturated heterocycles. The van der Waals surface area contributed by atoms with Crippen LogP contribution in [0.15, 0.2) is 42.5 Å². The topological polar surface area (TPSA) is 70.2 Å². The molecule has 0 spiro atoms. The Morgan fingerprint density at radius 3 is 2.42 bits per heavy atom. The van der Waals surface area contributed by atoms with Gasteiger partial charge in [-0.3, -0.25) is 9.59 Å². The molecule has 0 radical (unpaired) electrons. The zero-order chi connectivity index (χ0) is 19.3. The Morgan fingerprint density at radius 2 is 1.77 bits per heavy atom. The normalized spacial score (nSPS) is 11.0. The van der Waals surface area contributed by atoms with E-state index in [2.05, 4.69) is 16.0 Å². The van der Waals surface area contributed by atoms with Crippen LogP contribution in [0.2, 0.25) is 5.02 Å². The van der Waals surface area contributed by atoms with Crippen molar-refractivity contribution >= 4 is 34.8 Å². The zero-order valence-electron chi connectivity index (χ0n) is 13.6. The van der Waals surface area contributed by atoms with Gasteiger partial charge in [-0.2, -0.15) is 13.2 Å². The lowest BCUT2D eigenvalue weighted by molar-refractivity contribution is -0.137. The Labute approximate surface area is 152 Å². The first kappa shape index (κ1) is 19.6. The summed E-state index contributed by atoms with van der Waals surface area (Å²) >= 11 is 5.60. The molecule has 2 aromatic rings. The number of carbonyl (C=O) groups is 2. The van der Waals surface area contributed by atoms with Crippen molar-refractivity contribution in [3.05, 3.63) is 58.6 Å². The molecule has 2 amide bonds. The van der Waals surface area contributed by atoms with Gasteiger partial charge >= 0.3 is 6.18 Å². The molecular formula is C17H15ClF3N3O2. The van der Waals surface area contributed by atoms with Crippen LogP contribution in [0.4, 0.5) is 24.5 Å². The van der Waals surface area contributed by atoms with Crippen molar-refractivity contribution in [3.8, 4) is 0 Å². The summed E-state index contributed by atoms with van der Waals surface area (Å²) in [6.45, 7) is -0.325. The van der Waals surface area contributed by atoms with Crippen LogP contribution in [0.5, 0.6) is 0 Å². The lowest BCUT2D eigenvalue weighted by atomic mass is 10.1. The smallest absolute Gasteiger partial charge is 0.376 e. The van der Waals surface area contributed by atoms with Crippen LogP contribution in [-0.4, -0.2) is 25.4 Å². The molecule has 138 valence electrons. The predicted molar refractivity (Wildman–Crippen MR) is 93.4 cm³/mol. The van der Waals surface area contributed by atoms with Gasteiger partial charge in [-0.25, -0.2) is 0 Å². The molecule has 2 rings (SSSR count). The fourth-order valence-corrected chi connectivity index (χ4v) is 2.37. The average molecular weight is 386 g/mol. The fraction of sp³-hybridized carbons (Fsp3) is 0.176. The van der Waals surface area contributed by atoms with Crippen molar-refractivity contribution in [2.45, 2.75) is 6.18 Å². The van der Waals surface area contributed by atoms with Gasteiger partial charge in [-0.05, 0) is 30.3 Å². The first-order chi connectivity index (χ1) is 12.2. The maximum absolute atomic E-state index is 13.0. The van der Waals surface area contributed by atoms with Gasteiger partial charge < -0.3 is 16.0 Å². The maximum Gasteiger partial charge on any atom is 0.418 e. The standard InChI is InChI=1S/C17H15ClF3N3O2/c1-22-16(26)11-4-2-3-5-13(11)23-9-15(25)24-14-7-6-10(18)8-12(14)17(19,20)21/h2-8,23H,9H2,1H3,(H,22,26)(H,24,25). The maximum atomic E-state index is 13.0. The summed E-state index contributed by atoms with van der Waals surface area (Å²) in [7, 11) is 1.46. The predicted octanol–water partition coefficient (Wildman–Crippen LogP) is 3.77. The number of hydrogen-bond donors (Lipinski definition) is 3. The molecule has 0 unspecified atom stereocenters. The van der Waals surface area contributed by atoms with E-state index in [4.69, 9.17) is 11.6 Å². The zero-order valence-corrected chi connectivity index (χ0v) is 14.3. The third-order valence-electron chi connectivity index (χ3n) is 3.40. The highest BCUT2D eigenvalue weighted by atomic mass is 35.5. The average Bonchev–Trinajstić information content (AvgIpc) is 2.60. The van der Waals surface area contributed by atoms with Gasteiger partial charge in [0.05, 0.1) is 23.4 Å². The lowest BCUT2D eigenvalue weighted by Crippen LogP contribution is -2.25. The number of carbonyl (C=O) groups excluding carboxylic acids is 2. The van der Waals surface area contributed by atoms with Crippen molar-refractivity contribution in [3.63, 3.8) is 0 Å². The van der Waals surface area contributed by atoms with Gasteiger partial charge in [0.1, 0.15) is 0 Å². The Kier molecular flexibility index (Phi) is 6.10. The molecule has 0 aliphatic heterocycles. The molecule has 0 heterocycles. The minimum atomic E-state index is -4.66. The van der Waals surface area contributed by atoms with Crippen molar-refractivity contribution in [1.82, 2.24) is 5.32 Å². The molecule has 2 aromatic carbocycles. The number of halogens is 4. The number of hydrogen-bond acceptors (Lipinski definition) is 3. The molecule has 9 heteroatoms. The van der Waals surface area contributed by atoms with Gasteiger partial charge in [0, 0.05) is 17.8 Å². The SMILES string of the molecule is CNC(=O)c1ccccc1NCC(=O)Nc1ccc(Cl)cc1C(F)(F)F. The van der Waals surface area contributed by atoms with Crippen LogP contribution in [0.3, 0.4) is 0 Å². The molecule has 3 N–H and O–H groups in total. The quantitative estimate of drug-likeness (QED) is 0.733. The number of nitrogens with one attached hydrogen (secondary N) is 3. The first-order valence-electron chi connectivity index (χ1n) is 7.44. The largest absolute Gasteiger partial charge is 0.418 e. The molecule has 26 heavy (non-hydrogen) atoms. The van der Waals surface area contributed by atoms with Gasteiger partial charge in [-0.15, -0.1) is 0 Å². The van der Waals surface area contributed by atoms with E-state index in [0.717, 1.165) is 12.1 Å². The molecule has 0 atom stereocenters. The number of alkyl halides is 3. The van der Waals surface area contributed by atoms with Crippen molar-refractivity contribution in [2.75, 3.05) is 24.2 Å². The molecule has 0 saturated carbocycles. The van der Waals surface area contributed by atoms with Crippen LogP contribution in [0.25, 0.3) is 0 Å². The minimum Gasteiger partial charge on any atom is -0.376 e. The third kappa shape index (κ3) is 4.89. The Bertz CT molecular complexity index is 825. The molecule has 0 aliphatic rings. The second-order valence-corrected chi connectivity index (χ2v) is 5.65. The second-order valence-electron chi connectivity index (χ2n) is 5.21. The van der Waals surface area contributed by atoms with Crippen LogP contribution in [-0.2, 0) is 11.0 Å². The molecular weight excluding hydrogens is 371 g/mol.